The molecule has 0 aliphatic heterocycles. The first kappa shape index (κ1) is 36.1. The summed E-state index contributed by atoms with van der Waals surface area (Å²) >= 11 is 5.99. The standard InChI is InChI=1S/C15H10ClN3.6C2H6/c16-15-18-13(11-7-3-1-4-8-11)17-14(19-15)12-9-5-2-6-10-12;6*1-2/h1-10H;6*1-2H3. The fourth-order valence-corrected chi connectivity index (χ4v) is 1.94. The zero-order chi connectivity index (χ0) is 25.1. The van der Waals surface area contributed by atoms with Crippen molar-refractivity contribution >= 4 is 11.6 Å². The molecular formula is C27H46ClN3. The van der Waals surface area contributed by atoms with Crippen molar-refractivity contribution in [2.24, 2.45) is 0 Å². The minimum absolute atomic E-state index is 0.202. The Labute approximate surface area is 198 Å². The van der Waals surface area contributed by atoms with Gasteiger partial charge in [-0.2, -0.15) is 9.97 Å². The summed E-state index contributed by atoms with van der Waals surface area (Å²) in [5.41, 5.74) is 1.84. The van der Waals surface area contributed by atoms with Crippen molar-refractivity contribution < 1.29 is 0 Å². The lowest BCUT2D eigenvalue weighted by Gasteiger charge is -2.04. The molecular weight excluding hydrogens is 402 g/mol. The number of benzene rings is 2. The average molecular weight is 448 g/mol. The molecule has 4 heteroatoms. The lowest BCUT2D eigenvalue weighted by atomic mass is 10.2. The fraction of sp³-hybridized carbons (Fsp3) is 0.444. The maximum atomic E-state index is 5.99. The second-order valence-electron chi connectivity index (χ2n) is 3.98. The molecule has 1 aromatic heterocycles. The molecule has 2 aromatic carbocycles. The number of hydrogen-bond donors (Lipinski definition) is 0. The Kier molecular flexibility index (Phi) is 34.9. The summed E-state index contributed by atoms with van der Waals surface area (Å²) < 4.78 is 0. The number of halogens is 1. The summed E-state index contributed by atoms with van der Waals surface area (Å²) in [6.07, 6.45) is 0. The summed E-state index contributed by atoms with van der Waals surface area (Å²) in [6.45, 7) is 24.0. The van der Waals surface area contributed by atoms with E-state index >= 15 is 0 Å². The van der Waals surface area contributed by atoms with Crippen LogP contribution >= 0.6 is 11.6 Å². The molecule has 0 amide bonds. The lowest BCUT2D eigenvalue weighted by molar-refractivity contribution is 1.07. The van der Waals surface area contributed by atoms with E-state index in [0.29, 0.717) is 11.6 Å². The van der Waals surface area contributed by atoms with Gasteiger partial charge >= 0.3 is 0 Å². The minimum Gasteiger partial charge on any atom is -0.208 e. The van der Waals surface area contributed by atoms with Crippen LogP contribution in [0.4, 0.5) is 0 Å². The van der Waals surface area contributed by atoms with Crippen LogP contribution in [0.3, 0.4) is 0 Å². The van der Waals surface area contributed by atoms with Gasteiger partial charge < -0.3 is 0 Å². The van der Waals surface area contributed by atoms with E-state index in [0.717, 1.165) is 11.1 Å². The minimum atomic E-state index is 0.202. The first-order valence-electron chi connectivity index (χ1n) is 11.9. The second-order valence-corrected chi connectivity index (χ2v) is 4.32. The number of nitrogens with zero attached hydrogens (tertiary/aromatic N) is 3. The summed E-state index contributed by atoms with van der Waals surface area (Å²) in [6, 6.07) is 19.4. The van der Waals surface area contributed by atoms with Crippen LogP contribution in [0.2, 0.25) is 5.28 Å². The van der Waals surface area contributed by atoms with E-state index in [1.165, 1.54) is 0 Å². The molecule has 31 heavy (non-hydrogen) atoms. The van der Waals surface area contributed by atoms with Gasteiger partial charge in [0.15, 0.2) is 11.6 Å². The summed E-state index contributed by atoms with van der Waals surface area (Å²) in [5.74, 6) is 1.17. The van der Waals surface area contributed by atoms with Crippen LogP contribution in [0.15, 0.2) is 60.7 Å². The molecule has 3 aromatic rings. The van der Waals surface area contributed by atoms with Gasteiger partial charge in [-0.3, -0.25) is 0 Å². The summed E-state index contributed by atoms with van der Waals surface area (Å²) in [7, 11) is 0. The molecule has 0 radical (unpaired) electrons. The summed E-state index contributed by atoms with van der Waals surface area (Å²) in [4.78, 5) is 12.8. The topological polar surface area (TPSA) is 38.7 Å². The monoisotopic (exact) mass is 447 g/mol. The second kappa shape index (κ2) is 29.9. The molecule has 0 spiro atoms. The molecule has 3 rings (SSSR count). The maximum Gasteiger partial charge on any atom is 0.226 e. The van der Waals surface area contributed by atoms with E-state index < -0.39 is 0 Å². The first-order chi connectivity index (χ1) is 15.3. The van der Waals surface area contributed by atoms with Crippen LogP contribution in [0.5, 0.6) is 0 Å². The van der Waals surface area contributed by atoms with E-state index in [-0.39, 0.29) is 5.28 Å². The molecule has 0 fully saturated rings. The SMILES string of the molecule is CC.CC.CC.CC.CC.CC.Clc1nc(-c2ccccc2)nc(-c2ccccc2)n1. The molecule has 0 bridgehead atoms. The largest absolute Gasteiger partial charge is 0.226 e. The number of aromatic nitrogens is 3. The van der Waals surface area contributed by atoms with Crippen molar-refractivity contribution in [3.63, 3.8) is 0 Å². The van der Waals surface area contributed by atoms with Crippen molar-refractivity contribution in [1.29, 1.82) is 0 Å². The highest BCUT2D eigenvalue weighted by Crippen LogP contribution is 2.21. The molecule has 0 saturated heterocycles. The average Bonchev–Trinajstić information content (AvgIpc) is 2.92. The van der Waals surface area contributed by atoms with Gasteiger partial charge in [-0.05, 0) is 11.6 Å². The molecule has 176 valence electrons. The van der Waals surface area contributed by atoms with Crippen molar-refractivity contribution in [2.75, 3.05) is 0 Å². The van der Waals surface area contributed by atoms with Crippen molar-refractivity contribution in [1.82, 2.24) is 15.0 Å². The third-order valence-electron chi connectivity index (χ3n) is 2.67. The Hall–Kier alpha value is -2.26. The molecule has 0 aliphatic carbocycles. The molecule has 0 unspecified atom stereocenters. The van der Waals surface area contributed by atoms with Crippen LogP contribution in [-0.4, -0.2) is 15.0 Å². The van der Waals surface area contributed by atoms with Crippen molar-refractivity contribution in [2.45, 2.75) is 83.1 Å². The van der Waals surface area contributed by atoms with Gasteiger partial charge in [-0.15, -0.1) is 0 Å². The van der Waals surface area contributed by atoms with Gasteiger partial charge in [0.1, 0.15) is 0 Å². The van der Waals surface area contributed by atoms with Gasteiger partial charge in [0.05, 0.1) is 0 Å². The normalized spacial score (nSPS) is 7.52. The Morgan fingerprint density at radius 1 is 0.419 bits per heavy atom. The Balaban J connectivity index is -0.000000264. The highest BCUT2D eigenvalue weighted by Gasteiger charge is 2.08. The van der Waals surface area contributed by atoms with E-state index in [4.69, 9.17) is 11.6 Å². The van der Waals surface area contributed by atoms with E-state index in [2.05, 4.69) is 15.0 Å². The quantitative estimate of drug-likeness (QED) is 0.392. The first-order valence-corrected chi connectivity index (χ1v) is 12.2. The van der Waals surface area contributed by atoms with Crippen LogP contribution in [-0.2, 0) is 0 Å². The number of hydrogen-bond acceptors (Lipinski definition) is 3. The van der Waals surface area contributed by atoms with E-state index in [1.54, 1.807) is 0 Å². The molecule has 3 nitrogen and oxygen atoms in total. The fourth-order valence-electron chi connectivity index (χ4n) is 1.78. The predicted molar refractivity (Wildman–Crippen MR) is 144 cm³/mol. The van der Waals surface area contributed by atoms with Gasteiger partial charge in [0, 0.05) is 11.1 Å². The molecule has 0 N–H and O–H groups in total. The summed E-state index contributed by atoms with van der Waals surface area (Å²) in [5, 5.41) is 0.202. The van der Waals surface area contributed by atoms with Crippen molar-refractivity contribution in [3.05, 3.63) is 65.9 Å². The Morgan fingerprint density at radius 2 is 0.677 bits per heavy atom. The third-order valence-corrected chi connectivity index (χ3v) is 2.84. The molecule has 1 heterocycles. The molecule has 0 saturated carbocycles. The van der Waals surface area contributed by atoms with Crippen molar-refractivity contribution in [3.8, 4) is 22.8 Å². The Morgan fingerprint density at radius 3 is 0.935 bits per heavy atom. The zero-order valence-electron chi connectivity index (χ0n) is 22.0. The maximum absolute atomic E-state index is 5.99. The highest BCUT2D eigenvalue weighted by atomic mass is 35.5. The van der Waals surface area contributed by atoms with Gasteiger partial charge in [-0.25, -0.2) is 4.98 Å². The van der Waals surface area contributed by atoms with Crippen LogP contribution in [0, 0.1) is 0 Å². The molecule has 0 atom stereocenters. The predicted octanol–water partition coefficient (Wildman–Crippen LogP) is 10.0. The highest BCUT2D eigenvalue weighted by molar-refractivity contribution is 6.28. The lowest BCUT2D eigenvalue weighted by Crippen LogP contribution is -1.96. The third kappa shape index (κ3) is 16.1. The van der Waals surface area contributed by atoms with Gasteiger partial charge in [0.25, 0.3) is 0 Å². The van der Waals surface area contributed by atoms with Crippen LogP contribution in [0.1, 0.15) is 83.1 Å². The molecule has 0 aliphatic rings. The zero-order valence-corrected chi connectivity index (χ0v) is 22.7. The smallest absolute Gasteiger partial charge is 0.208 e. The van der Waals surface area contributed by atoms with Crippen LogP contribution in [0.25, 0.3) is 22.8 Å². The van der Waals surface area contributed by atoms with E-state index in [1.807, 2.05) is 144 Å². The van der Waals surface area contributed by atoms with Gasteiger partial charge in [0.2, 0.25) is 5.28 Å². The van der Waals surface area contributed by atoms with E-state index in [9.17, 15) is 0 Å². The van der Waals surface area contributed by atoms with Gasteiger partial charge in [-0.1, -0.05) is 144 Å². The Bertz CT molecular complexity index is 630. The number of rotatable bonds is 2. The van der Waals surface area contributed by atoms with Crippen LogP contribution < -0.4 is 0 Å².